The molecule has 0 saturated heterocycles. The lowest BCUT2D eigenvalue weighted by molar-refractivity contribution is -0.392. The van der Waals surface area contributed by atoms with E-state index in [1.807, 2.05) is 0 Å². The van der Waals surface area contributed by atoms with Crippen molar-refractivity contribution >= 4 is 5.82 Å². The Balaban J connectivity index is 1.75. The SMILES string of the molecule is Cc1ncc([N+](=O)[O-])n1CCOCn1cc(COCC[18F])nn1. The molecule has 2 heterocycles. The minimum Gasteiger partial charge on any atom is -0.372 e. The fraction of sp³-hybridized carbons (Fsp3) is 0.583. The Kier molecular flexibility index (Phi) is 6.11. The Hall–Kier alpha value is -2.40. The minimum atomic E-state index is -0.545. The standard InChI is InChI=1S/C12H17FN6O4/c1-10-14-6-12(19(20)21)18(10)3-5-23-9-17-7-11(15-16-17)8-22-4-2-13/h6-7H,2-5,8-9H2,1H3/i13-1. The minimum absolute atomic E-state index is 0.0202. The highest BCUT2D eigenvalue weighted by atomic mass is 18.2. The van der Waals surface area contributed by atoms with Crippen molar-refractivity contribution in [3.63, 3.8) is 0 Å². The van der Waals surface area contributed by atoms with E-state index in [2.05, 4.69) is 15.3 Å². The molecule has 2 aromatic heterocycles. The zero-order valence-electron chi connectivity index (χ0n) is 12.6. The van der Waals surface area contributed by atoms with Crippen molar-refractivity contribution in [1.82, 2.24) is 24.5 Å². The number of nitro groups is 1. The van der Waals surface area contributed by atoms with Crippen LogP contribution in [0.5, 0.6) is 0 Å². The molecule has 0 radical (unpaired) electrons. The monoisotopic (exact) mass is 327 g/mol. The third kappa shape index (κ3) is 4.79. The molecule has 11 heteroatoms. The summed E-state index contributed by atoms with van der Waals surface area (Å²) < 4.78 is 25.2. The van der Waals surface area contributed by atoms with Crippen molar-refractivity contribution < 1.29 is 18.8 Å². The van der Waals surface area contributed by atoms with Gasteiger partial charge in [0, 0.05) is 6.92 Å². The average molecular weight is 327 g/mol. The Morgan fingerprint density at radius 3 is 2.96 bits per heavy atom. The van der Waals surface area contributed by atoms with Gasteiger partial charge in [0.25, 0.3) is 0 Å². The van der Waals surface area contributed by atoms with Crippen molar-refractivity contribution in [1.29, 1.82) is 0 Å². The van der Waals surface area contributed by atoms with E-state index in [1.165, 1.54) is 15.4 Å². The smallest absolute Gasteiger partial charge is 0.342 e. The summed E-state index contributed by atoms with van der Waals surface area (Å²) >= 11 is 0. The second-order valence-electron chi connectivity index (χ2n) is 4.60. The summed E-state index contributed by atoms with van der Waals surface area (Å²) in [7, 11) is 0. The zero-order valence-corrected chi connectivity index (χ0v) is 12.6. The summed E-state index contributed by atoms with van der Waals surface area (Å²) in [6.07, 6.45) is 2.85. The van der Waals surface area contributed by atoms with Crippen LogP contribution in [0.1, 0.15) is 11.5 Å². The van der Waals surface area contributed by atoms with Crippen molar-refractivity contribution in [3.05, 3.63) is 34.0 Å². The summed E-state index contributed by atoms with van der Waals surface area (Å²) in [5.74, 6) is 0.479. The first-order valence-corrected chi connectivity index (χ1v) is 6.88. The molecule has 0 bridgehead atoms. The molecule has 0 N–H and O–H groups in total. The fourth-order valence-electron chi connectivity index (χ4n) is 1.89. The maximum atomic E-state index is 11.9. The summed E-state index contributed by atoms with van der Waals surface area (Å²) in [6.45, 7) is 2.06. The maximum absolute atomic E-state index is 11.9. The van der Waals surface area contributed by atoms with E-state index in [0.717, 1.165) is 0 Å². The predicted molar refractivity (Wildman–Crippen MR) is 75.2 cm³/mol. The van der Waals surface area contributed by atoms with E-state index < -0.39 is 11.6 Å². The first-order chi connectivity index (χ1) is 11.1. The number of aromatic nitrogens is 5. The number of halogens is 1. The molecule has 0 aliphatic rings. The summed E-state index contributed by atoms with van der Waals surface area (Å²) in [5.41, 5.74) is 0.572. The van der Waals surface area contributed by atoms with Gasteiger partial charge in [0.05, 0.1) is 26.0 Å². The van der Waals surface area contributed by atoms with Crippen LogP contribution >= 0.6 is 0 Å². The second-order valence-corrected chi connectivity index (χ2v) is 4.60. The number of rotatable bonds is 10. The van der Waals surface area contributed by atoms with Crippen LogP contribution in [0.25, 0.3) is 0 Å². The second kappa shape index (κ2) is 8.29. The molecular weight excluding hydrogens is 310 g/mol. The van der Waals surface area contributed by atoms with Gasteiger partial charge in [-0.25, -0.2) is 18.6 Å². The number of nitrogens with zero attached hydrogens (tertiary/aromatic N) is 6. The van der Waals surface area contributed by atoms with Gasteiger partial charge in [0.15, 0.2) is 5.82 Å². The third-order valence-electron chi connectivity index (χ3n) is 2.96. The quantitative estimate of drug-likeness (QED) is 0.361. The molecule has 0 spiro atoms. The lowest BCUT2D eigenvalue weighted by Crippen LogP contribution is -2.12. The summed E-state index contributed by atoms with van der Waals surface area (Å²) in [6, 6.07) is 0. The van der Waals surface area contributed by atoms with Gasteiger partial charge in [0.1, 0.15) is 31.8 Å². The molecule has 0 amide bonds. The van der Waals surface area contributed by atoms with Crippen LogP contribution in [0.2, 0.25) is 0 Å². The van der Waals surface area contributed by atoms with Gasteiger partial charge in [-0.1, -0.05) is 5.21 Å². The van der Waals surface area contributed by atoms with Crippen LogP contribution in [-0.2, 0) is 29.4 Å². The Morgan fingerprint density at radius 1 is 1.39 bits per heavy atom. The van der Waals surface area contributed by atoms with Crippen molar-refractivity contribution in [2.45, 2.75) is 26.8 Å². The molecule has 126 valence electrons. The molecule has 2 rings (SSSR count). The Labute approximate surface area is 131 Å². The molecule has 2 aromatic rings. The van der Waals surface area contributed by atoms with Gasteiger partial charge >= 0.3 is 5.82 Å². The number of hydrogen-bond acceptors (Lipinski definition) is 7. The van der Waals surface area contributed by atoms with Gasteiger partial charge in [-0.2, -0.15) is 0 Å². The van der Waals surface area contributed by atoms with Gasteiger partial charge in [-0.05, 0) is 4.92 Å². The van der Waals surface area contributed by atoms with E-state index >= 15 is 0 Å². The van der Waals surface area contributed by atoms with E-state index in [9.17, 15) is 14.5 Å². The molecule has 0 aliphatic carbocycles. The normalized spacial score (nSPS) is 11.0. The summed E-state index contributed by atoms with van der Waals surface area (Å²) in [5, 5.41) is 18.5. The highest BCUT2D eigenvalue weighted by molar-refractivity contribution is 5.18. The molecule has 0 aromatic carbocycles. The topological polar surface area (TPSA) is 110 Å². The summed E-state index contributed by atoms with van der Waals surface area (Å²) in [4.78, 5) is 14.3. The molecule has 23 heavy (non-hydrogen) atoms. The zero-order chi connectivity index (χ0) is 16.7. The highest BCUT2D eigenvalue weighted by Crippen LogP contribution is 2.13. The molecule has 0 atom stereocenters. The van der Waals surface area contributed by atoms with Crippen molar-refractivity contribution in [2.24, 2.45) is 0 Å². The van der Waals surface area contributed by atoms with Crippen LogP contribution in [0, 0.1) is 17.0 Å². The van der Waals surface area contributed by atoms with E-state index in [0.29, 0.717) is 18.1 Å². The van der Waals surface area contributed by atoms with Crippen LogP contribution in [0.3, 0.4) is 0 Å². The fourth-order valence-corrected chi connectivity index (χ4v) is 1.89. The first kappa shape index (κ1) is 17.0. The predicted octanol–water partition coefficient (Wildman–Crippen LogP) is 0.852. The molecule has 10 nitrogen and oxygen atoms in total. The number of ether oxygens (including phenoxy) is 2. The first-order valence-electron chi connectivity index (χ1n) is 6.88. The van der Waals surface area contributed by atoms with Crippen LogP contribution in [-0.4, -0.2) is 49.4 Å². The van der Waals surface area contributed by atoms with Gasteiger partial charge in [0.2, 0.25) is 0 Å². The molecule has 0 aliphatic heterocycles. The Bertz CT molecular complexity index is 643. The van der Waals surface area contributed by atoms with Crippen molar-refractivity contribution in [2.75, 3.05) is 19.9 Å². The van der Waals surface area contributed by atoms with E-state index in [4.69, 9.17) is 9.47 Å². The number of aryl methyl sites for hydroxylation is 1. The van der Waals surface area contributed by atoms with Crippen LogP contribution in [0.15, 0.2) is 12.4 Å². The molecular formula is C12H17FN6O4. The largest absolute Gasteiger partial charge is 0.372 e. The van der Waals surface area contributed by atoms with Crippen LogP contribution < -0.4 is 0 Å². The van der Waals surface area contributed by atoms with Gasteiger partial charge in [-0.15, -0.1) is 5.10 Å². The molecule has 0 unspecified atom stereocenters. The number of imidazole rings is 1. The highest BCUT2D eigenvalue weighted by Gasteiger charge is 2.16. The lowest BCUT2D eigenvalue weighted by Gasteiger charge is -2.04. The average Bonchev–Trinajstić information content (AvgIpc) is 3.11. The number of hydrogen-bond donors (Lipinski definition) is 0. The number of alkyl halides is 1. The maximum Gasteiger partial charge on any atom is 0.342 e. The Morgan fingerprint density at radius 2 is 2.22 bits per heavy atom. The lowest BCUT2D eigenvalue weighted by atomic mass is 10.5. The molecule has 0 saturated carbocycles. The van der Waals surface area contributed by atoms with E-state index in [1.54, 1.807) is 13.1 Å². The van der Waals surface area contributed by atoms with E-state index in [-0.39, 0.29) is 32.4 Å². The van der Waals surface area contributed by atoms with Gasteiger partial charge in [-0.3, -0.25) is 0 Å². The molecule has 0 fully saturated rings. The van der Waals surface area contributed by atoms with Crippen LogP contribution in [0.4, 0.5) is 10.2 Å². The third-order valence-corrected chi connectivity index (χ3v) is 2.96. The van der Waals surface area contributed by atoms with Crippen molar-refractivity contribution in [3.8, 4) is 0 Å². The van der Waals surface area contributed by atoms with Gasteiger partial charge < -0.3 is 19.6 Å².